The van der Waals surface area contributed by atoms with Gasteiger partial charge in [-0.25, -0.2) is 9.18 Å². The molecule has 4 aromatic rings. The topological polar surface area (TPSA) is 73.5 Å². The molecule has 4 aromatic carbocycles. The largest absolute Gasteiger partial charge is 0.371 e. The van der Waals surface area contributed by atoms with Crippen molar-refractivity contribution in [1.29, 1.82) is 0 Å². The smallest absolute Gasteiger partial charge is 0.323 e. The minimum atomic E-state index is -0.513. The van der Waals surface area contributed by atoms with E-state index in [4.69, 9.17) is 0 Å². The molecule has 0 radical (unpaired) electrons. The van der Waals surface area contributed by atoms with E-state index in [9.17, 15) is 14.0 Å². The normalized spacial score (nSPS) is 13.4. The van der Waals surface area contributed by atoms with Gasteiger partial charge in [0.2, 0.25) is 0 Å². The lowest BCUT2D eigenvalue weighted by molar-refractivity contribution is 0.0954. The highest BCUT2D eigenvalue weighted by atomic mass is 19.1. The molecule has 0 atom stereocenters. The van der Waals surface area contributed by atoms with Crippen LogP contribution in [0, 0.1) is 11.7 Å². The van der Waals surface area contributed by atoms with Crippen LogP contribution in [0.3, 0.4) is 0 Å². The molecule has 0 bridgehead atoms. The van der Waals surface area contributed by atoms with E-state index in [1.807, 2.05) is 42.5 Å². The number of anilines is 3. The molecule has 5 rings (SSSR count). The molecule has 0 saturated carbocycles. The Morgan fingerprint density at radius 1 is 0.756 bits per heavy atom. The number of piperidine rings is 1. The summed E-state index contributed by atoms with van der Waals surface area (Å²) in [5.41, 5.74) is 4.71. The zero-order chi connectivity index (χ0) is 28.4. The van der Waals surface area contributed by atoms with Gasteiger partial charge in [-0.15, -0.1) is 0 Å². The van der Waals surface area contributed by atoms with E-state index in [0.717, 1.165) is 50.0 Å². The van der Waals surface area contributed by atoms with Crippen molar-refractivity contribution in [3.63, 3.8) is 0 Å². The van der Waals surface area contributed by atoms with Crippen molar-refractivity contribution in [3.8, 4) is 0 Å². The summed E-state index contributed by atoms with van der Waals surface area (Å²) in [6.45, 7) is 2.21. The Labute approximate surface area is 240 Å². The Kier molecular flexibility index (Phi) is 9.26. The first-order valence-electron chi connectivity index (χ1n) is 14.1. The van der Waals surface area contributed by atoms with Crippen molar-refractivity contribution in [3.05, 3.63) is 126 Å². The summed E-state index contributed by atoms with van der Waals surface area (Å²) >= 11 is 0. The second-order valence-corrected chi connectivity index (χ2v) is 10.4. The van der Waals surface area contributed by atoms with Crippen molar-refractivity contribution in [2.75, 3.05) is 35.2 Å². The van der Waals surface area contributed by atoms with E-state index in [-0.39, 0.29) is 5.91 Å². The first-order valence-corrected chi connectivity index (χ1v) is 14.1. The van der Waals surface area contributed by atoms with Crippen molar-refractivity contribution >= 4 is 29.0 Å². The molecule has 3 N–H and O–H groups in total. The maximum atomic E-state index is 13.5. The number of carbonyl (C=O) groups excluding carboxylic acids is 2. The number of nitrogens with one attached hydrogen (secondary N) is 3. The number of rotatable bonds is 9. The molecule has 0 aromatic heterocycles. The molecule has 7 heteroatoms. The monoisotopic (exact) mass is 550 g/mol. The van der Waals surface area contributed by atoms with Crippen molar-refractivity contribution in [1.82, 2.24) is 5.32 Å². The second-order valence-electron chi connectivity index (χ2n) is 10.4. The van der Waals surface area contributed by atoms with E-state index in [1.165, 1.54) is 23.8 Å². The Morgan fingerprint density at radius 3 is 2.10 bits per heavy atom. The molecule has 3 amide bonds. The van der Waals surface area contributed by atoms with E-state index >= 15 is 0 Å². The minimum absolute atomic E-state index is 0.184. The molecular formula is C34H35FN4O2. The van der Waals surface area contributed by atoms with Crippen molar-refractivity contribution < 1.29 is 14.0 Å². The average molecular weight is 551 g/mol. The van der Waals surface area contributed by atoms with Crippen LogP contribution in [-0.2, 0) is 12.8 Å². The van der Waals surface area contributed by atoms with Gasteiger partial charge in [-0.2, -0.15) is 0 Å². The predicted octanol–water partition coefficient (Wildman–Crippen LogP) is 6.90. The third-order valence-electron chi connectivity index (χ3n) is 7.45. The van der Waals surface area contributed by atoms with Gasteiger partial charge in [-0.3, -0.25) is 4.79 Å². The molecule has 0 unspecified atom stereocenters. The fourth-order valence-corrected chi connectivity index (χ4v) is 5.32. The molecule has 210 valence electrons. The molecule has 1 heterocycles. The first kappa shape index (κ1) is 27.9. The van der Waals surface area contributed by atoms with E-state index in [1.54, 1.807) is 18.2 Å². The van der Waals surface area contributed by atoms with Crippen molar-refractivity contribution in [2.45, 2.75) is 25.7 Å². The average Bonchev–Trinajstić information content (AvgIpc) is 2.98. The van der Waals surface area contributed by atoms with Gasteiger partial charge in [-0.05, 0) is 79.1 Å². The maximum absolute atomic E-state index is 13.5. The molecule has 1 saturated heterocycles. The number of halogens is 1. The molecule has 41 heavy (non-hydrogen) atoms. The second kappa shape index (κ2) is 13.6. The highest BCUT2D eigenvalue weighted by Gasteiger charge is 2.24. The Morgan fingerprint density at radius 2 is 1.41 bits per heavy atom. The van der Waals surface area contributed by atoms with Crippen LogP contribution in [0.1, 0.15) is 34.3 Å². The number of hydrogen-bond acceptors (Lipinski definition) is 3. The van der Waals surface area contributed by atoms with Crippen LogP contribution in [0.4, 0.5) is 26.2 Å². The van der Waals surface area contributed by atoms with Gasteiger partial charge in [0.25, 0.3) is 5.91 Å². The summed E-state index contributed by atoms with van der Waals surface area (Å²) in [5.74, 6) is -0.0186. The van der Waals surface area contributed by atoms with E-state index in [0.29, 0.717) is 29.4 Å². The predicted molar refractivity (Wildman–Crippen MR) is 163 cm³/mol. The lowest BCUT2D eigenvalue weighted by Gasteiger charge is -2.35. The quantitative estimate of drug-likeness (QED) is 0.212. The van der Waals surface area contributed by atoms with Gasteiger partial charge in [0.15, 0.2) is 0 Å². The Balaban J connectivity index is 1.28. The number of carbonyl (C=O) groups is 2. The fraction of sp³-hybridized carbons (Fsp3) is 0.235. The van der Waals surface area contributed by atoms with Gasteiger partial charge >= 0.3 is 6.03 Å². The lowest BCUT2D eigenvalue weighted by Crippen LogP contribution is -2.36. The van der Waals surface area contributed by atoms with Crippen LogP contribution >= 0.6 is 0 Å². The number of amides is 3. The summed E-state index contributed by atoms with van der Waals surface area (Å²) in [4.78, 5) is 28.4. The van der Waals surface area contributed by atoms with Gasteiger partial charge in [0, 0.05) is 36.7 Å². The molecule has 6 nitrogen and oxygen atoms in total. The van der Waals surface area contributed by atoms with Crippen LogP contribution in [0.15, 0.2) is 103 Å². The van der Waals surface area contributed by atoms with E-state index in [2.05, 4.69) is 45.1 Å². The molecule has 1 aliphatic rings. The third-order valence-corrected chi connectivity index (χ3v) is 7.45. The lowest BCUT2D eigenvalue weighted by atomic mass is 9.89. The molecule has 0 aliphatic carbocycles. The van der Waals surface area contributed by atoms with Crippen LogP contribution in [-0.4, -0.2) is 31.6 Å². The van der Waals surface area contributed by atoms with Gasteiger partial charge < -0.3 is 20.9 Å². The fourth-order valence-electron chi connectivity index (χ4n) is 5.32. The first-order chi connectivity index (χ1) is 20.0. The zero-order valence-electron chi connectivity index (χ0n) is 23.0. The molecule has 0 spiro atoms. The van der Waals surface area contributed by atoms with Crippen LogP contribution < -0.4 is 20.9 Å². The third kappa shape index (κ3) is 7.94. The SMILES string of the molecule is O=C(Nc1cccc(F)c1)Nc1ccc(N2CCC(Cc3ccccc3)CC2)c(C(=O)NCCc2ccccc2)c1. The number of nitrogens with zero attached hydrogens (tertiary/aromatic N) is 1. The number of hydrogen-bond donors (Lipinski definition) is 3. The van der Waals surface area contributed by atoms with Crippen LogP contribution in [0.25, 0.3) is 0 Å². The molecule has 1 aliphatic heterocycles. The summed E-state index contributed by atoms with van der Waals surface area (Å²) in [7, 11) is 0. The van der Waals surface area contributed by atoms with Gasteiger partial charge in [0.1, 0.15) is 5.82 Å². The zero-order valence-corrected chi connectivity index (χ0v) is 23.0. The number of urea groups is 1. The highest BCUT2D eigenvalue weighted by Crippen LogP contribution is 2.30. The standard InChI is InChI=1S/C34H35FN4O2/c35-28-12-7-13-29(23-28)37-34(41)38-30-14-15-32(31(24-30)33(40)36-19-16-25-8-3-1-4-9-25)39-20-17-27(18-21-39)22-26-10-5-2-6-11-26/h1-15,23-24,27H,16-22H2,(H,36,40)(H2,37,38,41). The summed E-state index contributed by atoms with van der Waals surface area (Å²) in [6.07, 6.45) is 3.87. The van der Waals surface area contributed by atoms with Crippen LogP contribution in [0.2, 0.25) is 0 Å². The molecular weight excluding hydrogens is 515 g/mol. The van der Waals surface area contributed by atoms with Gasteiger partial charge in [-0.1, -0.05) is 66.7 Å². The summed E-state index contributed by atoms with van der Waals surface area (Å²) in [6, 6.07) is 31.2. The maximum Gasteiger partial charge on any atom is 0.323 e. The van der Waals surface area contributed by atoms with Crippen LogP contribution in [0.5, 0.6) is 0 Å². The molecule has 1 fully saturated rings. The Bertz CT molecular complexity index is 1450. The van der Waals surface area contributed by atoms with Gasteiger partial charge in [0.05, 0.1) is 5.56 Å². The number of benzene rings is 4. The summed E-state index contributed by atoms with van der Waals surface area (Å²) in [5, 5.41) is 8.47. The van der Waals surface area contributed by atoms with Crippen molar-refractivity contribution in [2.24, 2.45) is 5.92 Å². The summed E-state index contributed by atoms with van der Waals surface area (Å²) < 4.78 is 13.5. The minimum Gasteiger partial charge on any atom is -0.371 e. The van der Waals surface area contributed by atoms with E-state index < -0.39 is 11.8 Å². The Hall–Kier alpha value is -4.65. The highest BCUT2D eigenvalue weighted by molar-refractivity contribution is 6.04.